The Bertz CT molecular complexity index is 1260. The first kappa shape index (κ1) is 24.2. The Morgan fingerprint density at radius 1 is 1.00 bits per heavy atom. The van der Waals surface area contributed by atoms with Crippen molar-refractivity contribution in [2.45, 2.75) is 13.8 Å². The van der Waals surface area contributed by atoms with Crippen molar-refractivity contribution in [1.29, 1.82) is 0 Å². The van der Waals surface area contributed by atoms with E-state index >= 15 is 0 Å². The van der Waals surface area contributed by atoms with E-state index in [1.54, 1.807) is 54.6 Å². The number of ether oxygens (including phenoxy) is 1. The molecule has 0 spiro atoms. The molecule has 0 fully saturated rings. The number of halogens is 2. The third kappa shape index (κ3) is 6.74. The van der Waals surface area contributed by atoms with Gasteiger partial charge in [-0.1, -0.05) is 51.3 Å². The highest BCUT2D eigenvalue weighted by atomic mass is 79.9. The molecule has 0 aromatic heterocycles. The van der Waals surface area contributed by atoms with Gasteiger partial charge in [-0.05, 0) is 61.9 Å². The summed E-state index contributed by atoms with van der Waals surface area (Å²) in [5, 5.41) is 6.72. The predicted molar refractivity (Wildman–Crippen MR) is 131 cm³/mol. The molecular weight excluding hydrogens is 510 g/mol. The highest BCUT2D eigenvalue weighted by Crippen LogP contribution is 2.23. The number of benzene rings is 3. The van der Waals surface area contributed by atoms with Crippen LogP contribution in [0.3, 0.4) is 0 Å². The molecule has 3 aromatic carbocycles. The van der Waals surface area contributed by atoms with Crippen LogP contribution in [-0.2, 0) is 9.59 Å². The van der Waals surface area contributed by atoms with Gasteiger partial charge < -0.3 is 10.1 Å². The number of amides is 2. The number of anilines is 1. The summed E-state index contributed by atoms with van der Waals surface area (Å²) in [5.74, 6) is -2.18. The minimum Gasteiger partial charge on any atom is -0.422 e. The highest BCUT2D eigenvalue weighted by molar-refractivity contribution is 9.10. The van der Waals surface area contributed by atoms with Crippen LogP contribution < -0.4 is 15.5 Å². The van der Waals surface area contributed by atoms with Crippen molar-refractivity contribution in [2.24, 2.45) is 5.10 Å². The number of rotatable bonds is 5. The highest BCUT2D eigenvalue weighted by Gasteiger charge is 2.14. The zero-order valence-corrected chi connectivity index (χ0v) is 20.0. The van der Waals surface area contributed by atoms with Crippen LogP contribution in [0.25, 0.3) is 0 Å². The van der Waals surface area contributed by atoms with Crippen LogP contribution in [0.5, 0.6) is 5.75 Å². The van der Waals surface area contributed by atoms with Gasteiger partial charge in [0.05, 0.1) is 11.8 Å². The zero-order valence-electron chi connectivity index (χ0n) is 17.7. The number of esters is 1. The molecule has 2 N–H and O–H groups in total. The molecule has 0 saturated heterocycles. The maximum atomic E-state index is 12.5. The Hall–Kier alpha value is -3.49. The van der Waals surface area contributed by atoms with Crippen molar-refractivity contribution >= 4 is 57.2 Å². The van der Waals surface area contributed by atoms with Crippen molar-refractivity contribution < 1.29 is 19.1 Å². The number of hydrazone groups is 1. The lowest BCUT2D eigenvalue weighted by molar-refractivity contribution is -0.136. The molecule has 0 atom stereocenters. The molecule has 0 saturated carbocycles. The second kappa shape index (κ2) is 10.9. The topological polar surface area (TPSA) is 96.9 Å². The lowest BCUT2D eigenvalue weighted by Crippen LogP contribution is -2.32. The van der Waals surface area contributed by atoms with Gasteiger partial charge in [0.1, 0.15) is 5.75 Å². The summed E-state index contributed by atoms with van der Waals surface area (Å²) >= 11 is 9.37. The molecule has 2 amide bonds. The third-order valence-electron chi connectivity index (χ3n) is 4.43. The fourth-order valence-electron chi connectivity index (χ4n) is 2.71. The van der Waals surface area contributed by atoms with Crippen LogP contribution in [0.2, 0.25) is 5.02 Å². The molecule has 3 aromatic rings. The summed E-state index contributed by atoms with van der Waals surface area (Å²) < 4.78 is 6.20. The number of hydrogen-bond acceptors (Lipinski definition) is 5. The summed E-state index contributed by atoms with van der Waals surface area (Å²) in [5.41, 5.74) is 5.12. The van der Waals surface area contributed by atoms with E-state index in [1.807, 2.05) is 19.9 Å². The Morgan fingerprint density at radius 2 is 1.79 bits per heavy atom. The molecule has 0 aliphatic rings. The maximum absolute atomic E-state index is 12.5. The third-order valence-corrected chi connectivity index (χ3v) is 5.33. The lowest BCUT2D eigenvalue weighted by Gasteiger charge is -2.09. The summed E-state index contributed by atoms with van der Waals surface area (Å²) in [6, 6.07) is 16.9. The molecule has 0 aliphatic carbocycles. The molecule has 0 heterocycles. The van der Waals surface area contributed by atoms with Crippen molar-refractivity contribution in [3.8, 4) is 5.75 Å². The van der Waals surface area contributed by atoms with Gasteiger partial charge in [0.2, 0.25) is 0 Å². The second-order valence-corrected chi connectivity index (χ2v) is 8.38. The monoisotopic (exact) mass is 527 g/mol. The molecule has 3 rings (SSSR count). The molecular formula is C24H19BrClN3O4. The van der Waals surface area contributed by atoms with E-state index in [2.05, 4.69) is 31.8 Å². The van der Waals surface area contributed by atoms with Gasteiger partial charge in [-0.25, -0.2) is 10.2 Å². The number of hydrogen-bond donors (Lipinski definition) is 2. The first-order valence-electron chi connectivity index (χ1n) is 9.72. The summed E-state index contributed by atoms with van der Waals surface area (Å²) in [6.45, 7) is 3.70. The number of carbonyl (C=O) groups excluding carboxylic acids is 3. The fourth-order valence-corrected chi connectivity index (χ4v) is 3.27. The van der Waals surface area contributed by atoms with Crippen LogP contribution in [0.15, 0.2) is 70.2 Å². The van der Waals surface area contributed by atoms with Crippen molar-refractivity contribution in [3.63, 3.8) is 0 Å². The molecule has 0 radical (unpaired) electrons. The van der Waals surface area contributed by atoms with Gasteiger partial charge in [-0.3, -0.25) is 9.59 Å². The average molecular weight is 529 g/mol. The Morgan fingerprint density at radius 3 is 2.52 bits per heavy atom. The van der Waals surface area contributed by atoms with Crippen molar-refractivity contribution in [3.05, 3.63) is 92.4 Å². The SMILES string of the molecule is Cc1cccc(C(=O)Oc2ccc(Br)cc2/C=N\NC(=O)C(=O)Nc2ccc(C)c(Cl)c2)c1. The van der Waals surface area contributed by atoms with Gasteiger partial charge >= 0.3 is 17.8 Å². The van der Waals surface area contributed by atoms with Crippen LogP contribution in [0.4, 0.5) is 5.69 Å². The van der Waals surface area contributed by atoms with Gasteiger partial charge in [-0.2, -0.15) is 5.10 Å². The zero-order chi connectivity index (χ0) is 24.0. The van der Waals surface area contributed by atoms with Gasteiger partial charge in [0.25, 0.3) is 0 Å². The average Bonchev–Trinajstić information content (AvgIpc) is 2.77. The molecule has 33 heavy (non-hydrogen) atoms. The molecule has 9 heteroatoms. The van der Waals surface area contributed by atoms with Crippen molar-refractivity contribution in [1.82, 2.24) is 5.43 Å². The number of aryl methyl sites for hydroxylation is 2. The number of nitrogens with one attached hydrogen (secondary N) is 2. The van der Waals surface area contributed by atoms with Gasteiger partial charge in [0, 0.05) is 20.7 Å². The van der Waals surface area contributed by atoms with Crippen LogP contribution in [-0.4, -0.2) is 24.0 Å². The Labute approximate surface area is 203 Å². The predicted octanol–water partition coefficient (Wildman–Crippen LogP) is 5.03. The van der Waals surface area contributed by atoms with E-state index in [-0.39, 0.29) is 5.75 Å². The second-order valence-electron chi connectivity index (χ2n) is 7.06. The van der Waals surface area contributed by atoms with E-state index in [0.29, 0.717) is 26.3 Å². The number of carbonyl (C=O) groups is 3. The Kier molecular flexibility index (Phi) is 7.97. The van der Waals surface area contributed by atoms with Gasteiger partial charge in [0.15, 0.2) is 0 Å². The van der Waals surface area contributed by atoms with E-state index in [0.717, 1.165) is 11.1 Å². The number of nitrogens with zero attached hydrogens (tertiary/aromatic N) is 1. The standard InChI is InChI=1S/C24H19BrClN3O4/c1-14-4-3-5-16(10-14)24(32)33-21-9-7-18(25)11-17(21)13-27-29-23(31)22(30)28-19-8-6-15(2)20(26)12-19/h3-13H,1-2H3,(H,28,30)(H,29,31)/b27-13-. The minimum absolute atomic E-state index is 0.237. The molecule has 0 aliphatic heterocycles. The summed E-state index contributed by atoms with van der Waals surface area (Å²) in [7, 11) is 0. The smallest absolute Gasteiger partial charge is 0.343 e. The summed E-state index contributed by atoms with van der Waals surface area (Å²) in [6.07, 6.45) is 1.28. The molecule has 0 unspecified atom stereocenters. The first-order chi connectivity index (χ1) is 15.7. The van der Waals surface area contributed by atoms with E-state index in [4.69, 9.17) is 16.3 Å². The largest absolute Gasteiger partial charge is 0.422 e. The normalized spacial score (nSPS) is 10.7. The maximum Gasteiger partial charge on any atom is 0.343 e. The lowest BCUT2D eigenvalue weighted by atomic mass is 10.1. The quantitative estimate of drug-likeness (QED) is 0.160. The van der Waals surface area contributed by atoms with E-state index in [9.17, 15) is 14.4 Å². The van der Waals surface area contributed by atoms with Crippen molar-refractivity contribution in [2.75, 3.05) is 5.32 Å². The van der Waals surface area contributed by atoms with Crippen LogP contribution in [0.1, 0.15) is 27.0 Å². The molecule has 0 bridgehead atoms. The van der Waals surface area contributed by atoms with E-state index in [1.165, 1.54) is 6.21 Å². The molecule has 7 nitrogen and oxygen atoms in total. The van der Waals surface area contributed by atoms with Gasteiger partial charge in [-0.15, -0.1) is 0 Å². The molecule has 168 valence electrons. The Balaban J connectivity index is 1.67. The summed E-state index contributed by atoms with van der Waals surface area (Å²) in [4.78, 5) is 36.6. The first-order valence-corrected chi connectivity index (χ1v) is 10.9. The minimum atomic E-state index is -0.976. The fraction of sp³-hybridized carbons (Fsp3) is 0.0833. The van der Waals surface area contributed by atoms with Crippen LogP contribution >= 0.6 is 27.5 Å². The van der Waals surface area contributed by atoms with E-state index < -0.39 is 17.8 Å². The van der Waals surface area contributed by atoms with Crippen LogP contribution in [0, 0.1) is 13.8 Å².